The van der Waals surface area contributed by atoms with Crippen molar-refractivity contribution in [1.82, 2.24) is 15.2 Å². The summed E-state index contributed by atoms with van der Waals surface area (Å²) in [4.78, 5) is 34.7. The number of ether oxygens (including phenoxy) is 4. The lowest BCUT2D eigenvalue weighted by Crippen LogP contribution is -2.44. The molecule has 0 bridgehead atoms. The van der Waals surface area contributed by atoms with E-state index in [0.29, 0.717) is 49.9 Å². The number of methoxy groups -OCH3 is 2. The van der Waals surface area contributed by atoms with Gasteiger partial charge in [-0.15, -0.1) is 0 Å². The standard InChI is InChI=1S/C31H40N4O6/c1-21(2)35(30(36)22-11-12-27(39-5)28(17-22)40-16-8-15-38-4)20-23-18-32-19-29(23)41-31(37)34(3)26-13-14-33-25-10-7-6-9-24(25)26/h6-7,9-14,17,21,23,29,32H,8,15-16,18-20H2,1-5H3/t23-,29-/m1/s1. The maximum atomic E-state index is 13.7. The fraction of sp³-hybridized carbons (Fsp3) is 0.452. The van der Waals surface area contributed by atoms with Crippen LogP contribution in [0.3, 0.4) is 0 Å². The molecule has 0 spiro atoms. The number of fused-ring (bicyclic) bond motifs is 1. The molecule has 4 rings (SSSR count). The highest BCUT2D eigenvalue weighted by molar-refractivity contribution is 5.99. The molecule has 3 aromatic rings. The molecular weight excluding hydrogens is 524 g/mol. The zero-order valence-electron chi connectivity index (χ0n) is 24.5. The third kappa shape index (κ3) is 7.25. The van der Waals surface area contributed by atoms with E-state index in [1.807, 2.05) is 43.0 Å². The van der Waals surface area contributed by atoms with Crippen LogP contribution in [0.2, 0.25) is 0 Å². The SMILES string of the molecule is COCCCOc1cc(C(=O)N(C[C@H]2CNC[C@H]2OC(=O)N(C)c2ccnc3ccccc23)C(C)C)ccc1OC. The number of carbonyl (C=O) groups excluding carboxylic acids is 2. The largest absolute Gasteiger partial charge is 0.493 e. The van der Waals surface area contributed by atoms with Gasteiger partial charge in [-0.3, -0.25) is 14.7 Å². The average molecular weight is 565 g/mol. The highest BCUT2D eigenvalue weighted by Gasteiger charge is 2.35. The van der Waals surface area contributed by atoms with Crippen LogP contribution in [0, 0.1) is 5.92 Å². The van der Waals surface area contributed by atoms with Crippen molar-refractivity contribution in [2.75, 3.05) is 59.0 Å². The molecule has 0 unspecified atom stereocenters. The summed E-state index contributed by atoms with van der Waals surface area (Å²) in [6.45, 7) is 6.57. The Balaban J connectivity index is 1.45. The number of hydrogen-bond donors (Lipinski definition) is 1. The highest BCUT2D eigenvalue weighted by atomic mass is 16.6. The van der Waals surface area contributed by atoms with E-state index in [9.17, 15) is 9.59 Å². The summed E-state index contributed by atoms with van der Waals surface area (Å²) in [6.07, 6.45) is 1.57. The van der Waals surface area contributed by atoms with Crippen LogP contribution in [0.4, 0.5) is 10.5 Å². The van der Waals surface area contributed by atoms with E-state index in [1.54, 1.807) is 51.7 Å². The Kier molecular flexibility index (Phi) is 10.4. The van der Waals surface area contributed by atoms with Crippen molar-refractivity contribution in [3.8, 4) is 11.5 Å². The molecule has 0 radical (unpaired) electrons. The third-order valence-electron chi connectivity index (χ3n) is 7.27. The molecule has 2 aromatic carbocycles. The quantitative estimate of drug-likeness (QED) is 0.324. The molecule has 1 N–H and O–H groups in total. The van der Waals surface area contributed by atoms with Gasteiger partial charge in [0, 0.05) is 75.9 Å². The van der Waals surface area contributed by atoms with Crippen LogP contribution in [-0.4, -0.2) is 88.1 Å². The summed E-state index contributed by atoms with van der Waals surface area (Å²) >= 11 is 0. The molecule has 2 heterocycles. The molecule has 1 aliphatic rings. The minimum absolute atomic E-state index is 0.0709. The van der Waals surface area contributed by atoms with Gasteiger partial charge in [-0.2, -0.15) is 0 Å². The van der Waals surface area contributed by atoms with E-state index in [0.717, 1.165) is 23.0 Å². The van der Waals surface area contributed by atoms with Gasteiger partial charge in [0.15, 0.2) is 11.5 Å². The van der Waals surface area contributed by atoms with Crippen molar-refractivity contribution >= 4 is 28.6 Å². The first kappa shape index (κ1) is 30.1. The summed E-state index contributed by atoms with van der Waals surface area (Å²) < 4.78 is 22.4. The third-order valence-corrected chi connectivity index (χ3v) is 7.27. The van der Waals surface area contributed by atoms with Crippen LogP contribution in [0.25, 0.3) is 10.9 Å². The van der Waals surface area contributed by atoms with Crippen molar-refractivity contribution < 1.29 is 28.5 Å². The second-order valence-corrected chi connectivity index (χ2v) is 10.4. The smallest absolute Gasteiger partial charge is 0.414 e. The predicted octanol–water partition coefficient (Wildman–Crippen LogP) is 4.37. The number of nitrogens with one attached hydrogen (secondary N) is 1. The van der Waals surface area contributed by atoms with Crippen molar-refractivity contribution in [2.45, 2.75) is 32.4 Å². The molecule has 2 amide bonds. The van der Waals surface area contributed by atoms with E-state index < -0.39 is 6.09 Å². The Labute approximate surface area is 241 Å². The van der Waals surface area contributed by atoms with Crippen LogP contribution in [-0.2, 0) is 9.47 Å². The molecule has 1 aliphatic heterocycles. The van der Waals surface area contributed by atoms with Gasteiger partial charge in [0.05, 0.1) is 24.9 Å². The Morgan fingerprint density at radius 2 is 1.85 bits per heavy atom. The minimum atomic E-state index is -0.451. The topological polar surface area (TPSA) is 102 Å². The highest BCUT2D eigenvalue weighted by Crippen LogP contribution is 2.30. The molecule has 1 aromatic heterocycles. The molecule has 0 aliphatic carbocycles. The molecule has 0 saturated carbocycles. The summed E-state index contributed by atoms with van der Waals surface area (Å²) in [6, 6.07) is 14.6. The number of anilines is 1. The molecule has 10 heteroatoms. The molecular formula is C31H40N4O6. The number of aromatic nitrogens is 1. The summed E-state index contributed by atoms with van der Waals surface area (Å²) in [7, 11) is 4.92. The van der Waals surface area contributed by atoms with Crippen LogP contribution in [0.1, 0.15) is 30.6 Å². The number of para-hydroxylation sites is 1. The summed E-state index contributed by atoms with van der Waals surface area (Å²) in [5.74, 6) is 0.880. The van der Waals surface area contributed by atoms with Crippen LogP contribution in [0.15, 0.2) is 54.7 Å². The Hall–Kier alpha value is -3.89. The first-order chi connectivity index (χ1) is 19.8. The molecule has 1 fully saturated rings. The average Bonchev–Trinajstić information content (AvgIpc) is 3.43. The number of amides is 2. The van der Waals surface area contributed by atoms with Crippen molar-refractivity contribution in [2.24, 2.45) is 5.92 Å². The first-order valence-electron chi connectivity index (χ1n) is 13.9. The second-order valence-electron chi connectivity index (χ2n) is 10.4. The zero-order valence-corrected chi connectivity index (χ0v) is 24.5. The van der Waals surface area contributed by atoms with E-state index >= 15 is 0 Å². The molecule has 10 nitrogen and oxygen atoms in total. The first-order valence-corrected chi connectivity index (χ1v) is 13.9. The number of hydrogen-bond acceptors (Lipinski definition) is 8. The molecule has 220 valence electrons. The number of benzene rings is 2. The van der Waals surface area contributed by atoms with Gasteiger partial charge in [0.1, 0.15) is 6.10 Å². The fourth-order valence-corrected chi connectivity index (χ4v) is 4.96. The van der Waals surface area contributed by atoms with Crippen molar-refractivity contribution in [3.05, 3.63) is 60.3 Å². The Morgan fingerprint density at radius 3 is 2.61 bits per heavy atom. The lowest BCUT2D eigenvalue weighted by atomic mass is 10.0. The number of nitrogens with zero attached hydrogens (tertiary/aromatic N) is 3. The number of pyridine rings is 1. The van der Waals surface area contributed by atoms with Gasteiger partial charge in [0.25, 0.3) is 5.91 Å². The molecule has 2 atom stereocenters. The summed E-state index contributed by atoms with van der Waals surface area (Å²) in [5, 5.41) is 4.20. The van der Waals surface area contributed by atoms with E-state index in [-0.39, 0.29) is 24.0 Å². The van der Waals surface area contributed by atoms with Gasteiger partial charge in [-0.25, -0.2) is 4.79 Å². The van der Waals surface area contributed by atoms with Crippen molar-refractivity contribution in [3.63, 3.8) is 0 Å². The normalized spacial score (nSPS) is 16.5. The van der Waals surface area contributed by atoms with Gasteiger partial charge in [-0.1, -0.05) is 18.2 Å². The van der Waals surface area contributed by atoms with Gasteiger partial charge in [-0.05, 0) is 44.2 Å². The maximum Gasteiger partial charge on any atom is 0.414 e. The number of carbonyl (C=O) groups is 2. The molecule has 1 saturated heterocycles. The van der Waals surface area contributed by atoms with Crippen LogP contribution < -0.4 is 19.7 Å². The molecule has 41 heavy (non-hydrogen) atoms. The monoisotopic (exact) mass is 564 g/mol. The fourth-order valence-electron chi connectivity index (χ4n) is 4.96. The Bertz CT molecular complexity index is 1330. The maximum absolute atomic E-state index is 13.7. The van der Waals surface area contributed by atoms with E-state index in [4.69, 9.17) is 18.9 Å². The van der Waals surface area contributed by atoms with Gasteiger partial charge >= 0.3 is 6.09 Å². The van der Waals surface area contributed by atoms with E-state index in [1.165, 1.54) is 4.90 Å². The predicted molar refractivity (Wildman–Crippen MR) is 158 cm³/mol. The van der Waals surface area contributed by atoms with Gasteiger partial charge < -0.3 is 29.2 Å². The van der Waals surface area contributed by atoms with Crippen LogP contribution in [0.5, 0.6) is 11.5 Å². The lowest BCUT2D eigenvalue weighted by molar-refractivity contribution is 0.0541. The minimum Gasteiger partial charge on any atom is -0.493 e. The number of rotatable bonds is 12. The second kappa shape index (κ2) is 14.1. The lowest BCUT2D eigenvalue weighted by Gasteiger charge is -2.32. The van der Waals surface area contributed by atoms with Crippen molar-refractivity contribution in [1.29, 1.82) is 0 Å². The van der Waals surface area contributed by atoms with Gasteiger partial charge in [0.2, 0.25) is 0 Å². The Morgan fingerprint density at radius 1 is 1.05 bits per heavy atom. The zero-order chi connectivity index (χ0) is 29.4. The van der Waals surface area contributed by atoms with E-state index in [2.05, 4.69) is 10.3 Å². The summed E-state index contributed by atoms with van der Waals surface area (Å²) in [5.41, 5.74) is 2.03. The van der Waals surface area contributed by atoms with Crippen LogP contribution >= 0.6 is 0 Å².